The standard InChI is InChI=1S/C20H25NO.C13H19NO/c22-17-20(15-18-7-3-1-4-8-18)11-13-21(14-12-20)16-19-9-5-2-6-10-19;15-11-13(6-8-14-9-7-13)10-12-4-2-1-3-5-12/h1-10,22H,11-17H2;1-5,14-15H,6-11H2. The predicted molar refractivity (Wildman–Crippen MR) is 152 cm³/mol. The average molecular weight is 501 g/mol. The molecular formula is C33H44N2O2. The summed E-state index contributed by atoms with van der Waals surface area (Å²) in [6, 6.07) is 31.7. The van der Waals surface area contributed by atoms with Crippen LogP contribution in [0.2, 0.25) is 0 Å². The predicted octanol–water partition coefficient (Wildman–Crippen LogP) is 5.10. The zero-order valence-electron chi connectivity index (χ0n) is 22.2. The van der Waals surface area contributed by atoms with E-state index in [-0.39, 0.29) is 10.8 Å². The lowest BCUT2D eigenvalue weighted by molar-refractivity contribution is 0.0414. The lowest BCUT2D eigenvalue weighted by atomic mass is 9.74. The van der Waals surface area contributed by atoms with Crippen molar-refractivity contribution in [3.8, 4) is 0 Å². The molecule has 0 unspecified atom stereocenters. The molecule has 2 aliphatic heterocycles. The van der Waals surface area contributed by atoms with Gasteiger partial charge in [0.25, 0.3) is 0 Å². The van der Waals surface area contributed by atoms with Gasteiger partial charge >= 0.3 is 0 Å². The van der Waals surface area contributed by atoms with Crippen LogP contribution in [-0.2, 0) is 19.4 Å². The van der Waals surface area contributed by atoms with E-state index in [9.17, 15) is 10.2 Å². The Bertz CT molecular complexity index is 1010. The van der Waals surface area contributed by atoms with E-state index in [0.717, 1.165) is 71.2 Å². The number of hydrogen-bond donors (Lipinski definition) is 3. The highest BCUT2D eigenvalue weighted by atomic mass is 16.3. The van der Waals surface area contributed by atoms with Crippen LogP contribution in [0.1, 0.15) is 42.4 Å². The molecule has 3 aromatic carbocycles. The van der Waals surface area contributed by atoms with Crippen molar-refractivity contribution >= 4 is 0 Å². The van der Waals surface area contributed by atoms with E-state index in [0.29, 0.717) is 13.2 Å². The fourth-order valence-electron chi connectivity index (χ4n) is 5.82. The zero-order valence-corrected chi connectivity index (χ0v) is 22.2. The monoisotopic (exact) mass is 500 g/mol. The molecule has 4 heteroatoms. The molecule has 0 aliphatic carbocycles. The third-order valence-corrected chi connectivity index (χ3v) is 8.34. The third-order valence-electron chi connectivity index (χ3n) is 8.34. The Hall–Kier alpha value is -2.50. The van der Waals surface area contributed by atoms with Crippen LogP contribution >= 0.6 is 0 Å². The fourth-order valence-corrected chi connectivity index (χ4v) is 5.82. The number of aliphatic hydroxyl groups excluding tert-OH is 2. The van der Waals surface area contributed by atoms with E-state index in [4.69, 9.17) is 0 Å². The minimum atomic E-state index is 0.0640. The molecule has 3 N–H and O–H groups in total. The number of nitrogens with zero attached hydrogens (tertiary/aromatic N) is 1. The molecule has 4 nitrogen and oxygen atoms in total. The Labute approximate surface area is 223 Å². The molecule has 2 saturated heterocycles. The second-order valence-electron chi connectivity index (χ2n) is 11.2. The minimum Gasteiger partial charge on any atom is -0.396 e. The molecule has 0 spiro atoms. The number of rotatable bonds is 8. The first-order chi connectivity index (χ1) is 18.1. The molecule has 2 aliphatic rings. The molecule has 0 radical (unpaired) electrons. The normalized spacial score (nSPS) is 19.0. The van der Waals surface area contributed by atoms with Crippen LogP contribution in [0.5, 0.6) is 0 Å². The van der Waals surface area contributed by atoms with Gasteiger partial charge in [-0.15, -0.1) is 0 Å². The van der Waals surface area contributed by atoms with E-state index >= 15 is 0 Å². The van der Waals surface area contributed by atoms with Crippen molar-refractivity contribution in [2.24, 2.45) is 10.8 Å². The zero-order chi connectivity index (χ0) is 25.8. The van der Waals surface area contributed by atoms with E-state index in [1.54, 1.807) is 0 Å². The van der Waals surface area contributed by atoms with Crippen LogP contribution in [0, 0.1) is 10.8 Å². The van der Waals surface area contributed by atoms with E-state index in [2.05, 4.69) is 95.1 Å². The maximum atomic E-state index is 9.96. The first-order valence-electron chi connectivity index (χ1n) is 13.9. The second-order valence-corrected chi connectivity index (χ2v) is 11.2. The van der Waals surface area contributed by atoms with Gasteiger partial charge in [0.1, 0.15) is 0 Å². The number of nitrogens with one attached hydrogen (secondary N) is 1. The van der Waals surface area contributed by atoms with E-state index in [1.807, 2.05) is 6.07 Å². The van der Waals surface area contributed by atoms with Gasteiger partial charge in [0.15, 0.2) is 0 Å². The summed E-state index contributed by atoms with van der Waals surface area (Å²) in [5, 5.41) is 22.9. The van der Waals surface area contributed by atoms with Crippen LogP contribution in [-0.4, -0.2) is 54.5 Å². The Morgan fingerprint density at radius 1 is 0.568 bits per heavy atom. The summed E-state index contributed by atoms with van der Waals surface area (Å²) in [6.45, 7) is 5.84. The first-order valence-corrected chi connectivity index (χ1v) is 13.9. The quantitative estimate of drug-likeness (QED) is 0.403. The smallest absolute Gasteiger partial charge is 0.0491 e. The lowest BCUT2D eigenvalue weighted by Gasteiger charge is -2.41. The molecule has 0 bridgehead atoms. The molecule has 2 heterocycles. The molecule has 0 atom stereocenters. The van der Waals surface area contributed by atoms with Gasteiger partial charge in [-0.3, -0.25) is 4.90 Å². The molecule has 2 fully saturated rings. The highest BCUT2D eigenvalue weighted by Crippen LogP contribution is 2.35. The number of hydrogen-bond acceptors (Lipinski definition) is 4. The first kappa shape index (κ1) is 27.5. The molecular weight excluding hydrogens is 456 g/mol. The van der Waals surface area contributed by atoms with Crippen LogP contribution in [0.3, 0.4) is 0 Å². The molecule has 198 valence electrons. The molecule has 0 saturated carbocycles. The highest BCUT2D eigenvalue weighted by Gasteiger charge is 2.34. The van der Waals surface area contributed by atoms with Gasteiger partial charge in [-0.2, -0.15) is 0 Å². The van der Waals surface area contributed by atoms with Crippen molar-refractivity contribution in [3.05, 3.63) is 108 Å². The Kier molecular flexibility index (Phi) is 10.3. The molecule has 3 aromatic rings. The summed E-state index contributed by atoms with van der Waals surface area (Å²) < 4.78 is 0. The van der Waals surface area contributed by atoms with Crippen LogP contribution in [0.15, 0.2) is 91.0 Å². The Morgan fingerprint density at radius 3 is 1.41 bits per heavy atom. The largest absolute Gasteiger partial charge is 0.396 e. The van der Waals surface area contributed by atoms with Crippen molar-refractivity contribution in [2.45, 2.75) is 45.1 Å². The van der Waals surface area contributed by atoms with Gasteiger partial charge in [-0.25, -0.2) is 0 Å². The van der Waals surface area contributed by atoms with Gasteiger partial charge in [-0.1, -0.05) is 91.0 Å². The van der Waals surface area contributed by atoms with Crippen molar-refractivity contribution in [2.75, 3.05) is 39.4 Å². The van der Waals surface area contributed by atoms with Crippen molar-refractivity contribution in [1.82, 2.24) is 10.2 Å². The Balaban J connectivity index is 0.000000186. The summed E-state index contributed by atoms with van der Waals surface area (Å²) in [6.07, 6.45) is 6.31. The van der Waals surface area contributed by atoms with Crippen LogP contribution in [0.4, 0.5) is 0 Å². The molecule has 0 aromatic heterocycles. The van der Waals surface area contributed by atoms with Crippen molar-refractivity contribution < 1.29 is 10.2 Å². The lowest BCUT2D eigenvalue weighted by Crippen LogP contribution is -2.42. The van der Waals surface area contributed by atoms with Crippen LogP contribution < -0.4 is 5.32 Å². The Morgan fingerprint density at radius 2 is 0.973 bits per heavy atom. The fraction of sp³-hybridized carbons (Fsp3) is 0.455. The maximum Gasteiger partial charge on any atom is 0.0491 e. The van der Waals surface area contributed by atoms with Gasteiger partial charge in [0.2, 0.25) is 0 Å². The van der Waals surface area contributed by atoms with Crippen molar-refractivity contribution in [3.63, 3.8) is 0 Å². The highest BCUT2D eigenvalue weighted by molar-refractivity contribution is 5.18. The summed E-state index contributed by atoms with van der Waals surface area (Å²) in [7, 11) is 0. The van der Waals surface area contributed by atoms with E-state index < -0.39 is 0 Å². The number of aliphatic hydroxyl groups is 2. The molecule has 5 rings (SSSR count). The molecule has 0 amide bonds. The number of likely N-dealkylation sites (tertiary alicyclic amines) is 1. The maximum absolute atomic E-state index is 9.96. The van der Waals surface area contributed by atoms with Gasteiger partial charge in [-0.05, 0) is 92.2 Å². The van der Waals surface area contributed by atoms with Gasteiger partial charge < -0.3 is 15.5 Å². The van der Waals surface area contributed by atoms with Gasteiger partial charge in [0.05, 0.1) is 0 Å². The van der Waals surface area contributed by atoms with E-state index in [1.165, 1.54) is 16.7 Å². The average Bonchev–Trinajstić information content (AvgIpc) is 2.97. The summed E-state index contributed by atoms with van der Waals surface area (Å²) in [4.78, 5) is 2.51. The number of benzene rings is 3. The minimum absolute atomic E-state index is 0.0640. The number of piperidine rings is 2. The van der Waals surface area contributed by atoms with Gasteiger partial charge in [0, 0.05) is 19.8 Å². The molecule has 37 heavy (non-hydrogen) atoms. The summed E-state index contributed by atoms with van der Waals surface area (Å²) in [5.74, 6) is 0. The summed E-state index contributed by atoms with van der Waals surface area (Å²) in [5.41, 5.74) is 4.24. The van der Waals surface area contributed by atoms with Crippen molar-refractivity contribution in [1.29, 1.82) is 0 Å². The summed E-state index contributed by atoms with van der Waals surface area (Å²) >= 11 is 0. The third kappa shape index (κ3) is 8.24. The topological polar surface area (TPSA) is 55.7 Å². The van der Waals surface area contributed by atoms with Crippen LogP contribution in [0.25, 0.3) is 0 Å². The SMILES string of the molecule is OCC1(Cc2ccccc2)CCN(Cc2ccccc2)CC1.OCC1(Cc2ccccc2)CCNCC1. The second kappa shape index (κ2) is 13.9.